The Bertz CT molecular complexity index is 758. The lowest BCUT2D eigenvalue weighted by molar-refractivity contribution is -0.140. The lowest BCUT2D eigenvalue weighted by atomic mass is 9.71. The molecule has 8 heteroatoms. The normalized spacial score (nSPS) is 28.8. The maximum atomic E-state index is 13.0. The molecule has 3 aliphatic rings. The maximum absolute atomic E-state index is 13.0. The van der Waals surface area contributed by atoms with E-state index >= 15 is 0 Å². The molecule has 0 saturated carbocycles. The Hall–Kier alpha value is -2.09. The molecule has 3 fully saturated rings. The van der Waals surface area contributed by atoms with Crippen LogP contribution in [0.5, 0.6) is 0 Å². The molecule has 1 aromatic rings. The molecule has 4 atom stereocenters. The number of hydrogen-bond donors (Lipinski definition) is 3. The highest BCUT2D eigenvalue weighted by atomic mass is 16.3. The molecule has 0 radical (unpaired) electrons. The predicted octanol–water partition coefficient (Wildman–Crippen LogP) is 1.76. The van der Waals surface area contributed by atoms with Gasteiger partial charge in [0.25, 0.3) is 12.0 Å². The first-order valence-electron chi connectivity index (χ1n) is 10.9. The molecule has 29 heavy (non-hydrogen) atoms. The molecule has 8 nitrogen and oxygen atoms in total. The van der Waals surface area contributed by atoms with Crippen molar-refractivity contribution in [1.82, 2.24) is 20.0 Å². The van der Waals surface area contributed by atoms with Crippen molar-refractivity contribution in [2.75, 3.05) is 19.6 Å². The van der Waals surface area contributed by atoms with E-state index in [0.717, 1.165) is 18.8 Å². The molecule has 0 spiro atoms. The van der Waals surface area contributed by atoms with E-state index in [9.17, 15) is 9.59 Å². The van der Waals surface area contributed by atoms with Crippen molar-refractivity contribution in [1.29, 1.82) is 0 Å². The minimum Gasteiger partial charge on any atom is -0.483 e. The molecule has 2 bridgehead atoms. The molecule has 1 aromatic heterocycles. The highest BCUT2D eigenvalue weighted by molar-refractivity contribution is 5.79. The third-order valence-corrected chi connectivity index (χ3v) is 6.98. The number of amides is 1. The smallest absolute Gasteiger partial charge is 0.290 e. The van der Waals surface area contributed by atoms with Crippen LogP contribution in [0.3, 0.4) is 0 Å². The Balaban J connectivity index is 0.000000755. The number of aryl methyl sites for hydroxylation is 1. The maximum Gasteiger partial charge on any atom is 0.290 e. The molecule has 162 valence electrons. The Labute approximate surface area is 171 Å². The van der Waals surface area contributed by atoms with Crippen molar-refractivity contribution in [3.8, 4) is 0 Å². The van der Waals surface area contributed by atoms with Crippen LogP contribution in [0.15, 0.2) is 4.79 Å². The summed E-state index contributed by atoms with van der Waals surface area (Å²) < 4.78 is 0. The van der Waals surface area contributed by atoms with E-state index < -0.39 is 0 Å². The minimum atomic E-state index is -0.250. The molecule has 0 unspecified atom stereocenters. The van der Waals surface area contributed by atoms with Gasteiger partial charge in [-0.3, -0.25) is 24.4 Å². The van der Waals surface area contributed by atoms with Crippen LogP contribution in [0.2, 0.25) is 0 Å². The van der Waals surface area contributed by atoms with Gasteiger partial charge in [0.1, 0.15) is 0 Å². The molecule has 3 N–H and O–H groups in total. The van der Waals surface area contributed by atoms with Crippen LogP contribution in [0, 0.1) is 18.8 Å². The molecule has 3 saturated heterocycles. The molecule has 3 aliphatic heterocycles. The fourth-order valence-electron chi connectivity index (χ4n) is 5.75. The summed E-state index contributed by atoms with van der Waals surface area (Å²) in [7, 11) is 0. The summed E-state index contributed by atoms with van der Waals surface area (Å²) in [5.74, 6) is 1.32. The third-order valence-electron chi connectivity index (χ3n) is 6.98. The van der Waals surface area contributed by atoms with E-state index in [-0.39, 0.29) is 24.4 Å². The van der Waals surface area contributed by atoms with Gasteiger partial charge in [0, 0.05) is 36.4 Å². The van der Waals surface area contributed by atoms with Gasteiger partial charge < -0.3 is 15.1 Å². The summed E-state index contributed by atoms with van der Waals surface area (Å²) >= 11 is 0. The van der Waals surface area contributed by atoms with Crippen molar-refractivity contribution >= 4 is 12.4 Å². The quantitative estimate of drug-likeness (QED) is 0.660. The molecule has 4 heterocycles. The van der Waals surface area contributed by atoms with Gasteiger partial charge in [0.05, 0.1) is 6.42 Å². The zero-order valence-corrected chi connectivity index (χ0v) is 17.5. The number of H-pyrrole nitrogens is 2. The highest BCUT2D eigenvalue weighted by Gasteiger charge is 2.47. The van der Waals surface area contributed by atoms with Crippen molar-refractivity contribution in [3.63, 3.8) is 0 Å². The monoisotopic (exact) mass is 406 g/mol. The zero-order chi connectivity index (χ0) is 21.0. The average molecular weight is 407 g/mol. The summed E-state index contributed by atoms with van der Waals surface area (Å²) in [6.45, 7) is 6.86. The lowest BCUT2D eigenvalue weighted by Crippen LogP contribution is -2.64. The number of hydrogen-bond acceptors (Lipinski definition) is 4. The topological polar surface area (TPSA) is 110 Å². The molecular formula is C21H34N4O4. The summed E-state index contributed by atoms with van der Waals surface area (Å²) in [6, 6.07) is 1.29. The second kappa shape index (κ2) is 9.61. The number of carboxylic acid groups (broad SMARTS) is 1. The number of nitrogens with zero attached hydrogens (tertiary/aromatic N) is 2. The van der Waals surface area contributed by atoms with Gasteiger partial charge in [0.15, 0.2) is 0 Å². The van der Waals surface area contributed by atoms with Crippen molar-refractivity contribution < 1.29 is 14.7 Å². The Morgan fingerprint density at radius 1 is 1.24 bits per heavy atom. The zero-order valence-electron chi connectivity index (χ0n) is 17.5. The first-order valence-corrected chi connectivity index (χ1v) is 10.9. The Kier molecular flexibility index (Phi) is 7.16. The molecule has 4 rings (SSSR count). The number of piperidine rings is 3. The fraction of sp³-hybridized carbons (Fsp3) is 0.762. The summed E-state index contributed by atoms with van der Waals surface area (Å²) in [4.78, 5) is 38.1. The van der Waals surface area contributed by atoms with Crippen LogP contribution >= 0.6 is 0 Å². The van der Waals surface area contributed by atoms with E-state index in [1.807, 2.05) is 6.92 Å². The first kappa shape index (κ1) is 21.6. The Morgan fingerprint density at radius 3 is 2.62 bits per heavy atom. The molecule has 0 aliphatic carbocycles. The lowest BCUT2D eigenvalue weighted by Gasteiger charge is -2.57. The first-order chi connectivity index (χ1) is 14.0. The largest absolute Gasteiger partial charge is 0.483 e. The van der Waals surface area contributed by atoms with Crippen molar-refractivity contribution in [2.45, 2.75) is 70.9 Å². The number of aromatic amines is 2. The summed E-state index contributed by atoms with van der Waals surface area (Å²) in [6.07, 6.45) is 7.89. The second-order valence-electron chi connectivity index (χ2n) is 8.68. The summed E-state index contributed by atoms with van der Waals surface area (Å²) in [5, 5.41) is 12.3. The van der Waals surface area contributed by atoms with E-state index in [0.29, 0.717) is 29.5 Å². The van der Waals surface area contributed by atoms with Crippen LogP contribution in [0.4, 0.5) is 0 Å². The van der Waals surface area contributed by atoms with E-state index in [1.165, 1.54) is 45.1 Å². The number of nitrogens with one attached hydrogen (secondary N) is 2. The van der Waals surface area contributed by atoms with E-state index in [1.54, 1.807) is 0 Å². The number of rotatable bonds is 4. The number of aromatic nitrogens is 2. The minimum absolute atomic E-state index is 0.118. The van der Waals surface area contributed by atoms with Gasteiger partial charge in [-0.2, -0.15) is 0 Å². The molecule has 0 aromatic carbocycles. The third kappa shape index (κ3) is 4.57. The van der Waals surface area contributed by atoms with Gasteiger partial charge in [-0.1, -0.05) is 19.8 Å². The predicted molar refractivity (Wildman–Crippen MR) is 110 cm³/mol. The van der Waals surface area contributed by atoms with Gasteiger partial charge in [0.2, 0.25) is 5.91 Å². The molecule has 1 amide bonds. The number of carbonyl (C=O) groups excluding carboxylic acids is 1. The van der Waals surface area contributed by atoms with Gasteiger partial charge in [-0.25, -0.2) is 0 Å². The van der Waals surface area contributed by atoms with Crippen LogP contribution in [-0.4, -0.2) is 69.2 Å². The van der Waals surface area contributed by atoms with E-state index in [2.05, 4.69) is 26.9 Å². The molecular weight excluding hydrogens is 372 g/mol. The Morgan fingerprint density at radius 2 is 1.97 bits per heavy atom. The van der Waals surface area contributed by atoms with Crippen LogP contribution in [-0.2, 0) is 16.0 Å². The second-order valence-corrected chi connectivity index (χ2v) is 8.68. The number of likely N-dealkylation sites (tertiary alicyclic amines) is 1. The van der Waals surface area contributed by atoms with Crippen molar-refractivity contribution in [2.24, 2.45) is 11.8 Å². The van der Waals surface area contributed by atoms with Gasteiger partial charge in [-0.15, -0.1) is 0 Å². The van der Waals surface area contributed by atoms with Crippen LogP contribution in [0.1, 0.15) is 56.7 Å². The van der Waals surface area contributed by atoms with Gasteiger partial charge >= 0.3 is 0 Å². The standard InChI is InChI=1S/C20H32N4O2.CH2O2/c1-3-6-17-14-9-15(18-7-4-5-8-24(17)18)12-23(11-14)19(25)10-16-13(2)21-22-20(16)26;2-1-3/h14-15,17-18H,3-12H2,1-2H3,(H2,21,22,26);1H,(H,2,3)/t14-,15+,17-,18-;/m0./s1. The average Bonchev–Trinajstić information content (AvgIpc) is 3.03. The van der Waals surface area contributed by atoms with Crippen LogP contribution < -0.4 is 5.56 Å². The van der Waals surface area contributed by atoms with Gasteiger partial charge in [-0.05, 0) is 51.0 Å². The fourth-order valence-corrected chi connectivity index (χ4v) is 5.75. The SMILES string of the molecule is CCC[C@H]1[C@H]2C[C@H](CN(C(=O)Cc3c(C)[nH][nH]c3=O)C2)[C@@H]2CCCCN21.O=CO. The van der Waals surface area contributed by atoms with Crippen molar-refractivity contribution in [3.05, 3.63) is 21.6 Å². The number of carbonyl (C=O) groups is 2. The summed E-state index contributed by atoms with van der Waals surface area (Å²) in [5.41, 5.74) is 1.22. The van der Waals surface area contributed by atoms with E-state index in [4.69, 9.17) is 9.90 Å². The highest BCUT2D eigenvalue weighted by Crippen LogP contribution is 2.42. The van der Waals surface area contributed by atoms with Crippen LogP contribution in [0.25, 0.3) is 0 Å². The number of fused-ring (bicyclic) bond motifs is 4.